The van der Waals surface area contributed by atoms with Gasteiger partial charge in [-0.2, -0.15) is 0 Å². The second kappa shape index (κ2) is 4.24. The molecule has 1 aromatic carbocycles. The molecule has 2 aliphatic heterocycles. The molecule has 2 heterocycles. The second-order valence-corrected chi connectivity index (χ2v) is 4.28. The number of epoxide rings is 1. The number of hydrogen-bond acceptors (Lipinski definition) is 4. The molecule has 18 heavy (non-hydrogen) atoms. The fraction of sp³-hybridized carbons (Fsp3) is 0.417. The van der Waals surface area contributed by atoms with Gasteiger partial charge in [-0.1, -0.05) is 30.3 Å². The molecule has 2 aliphatic rings. The average Bonchev–Trinajstić information content (AvgIpc) is 2.85. The lowest BCUT2D eigenvalue weighted by Crippen LogP contribution is -2.48. The molecule has 3 rings (SSSR count). The largest absolute Gasteiger partial charge is 0.465 e. The number of benzene rings is 1. The number of rotatable bonds is 3. The van der Waals surface area contributed by atoms with Crippen LogP contribution in [0, 0.1) is 0 Å². The molecule has 1 amide bonds. The molecule has 6 heteroatoms. The zero-order valence-corrected chi connectivity index (χ0v) is 9.54. The summed E-state index contributed by atoms with van der Waals surface area (Å²) < 4.78 is 16.1. The van der Waals surface area contributed by atoms with E-state index in [0.717, 1.165) is 5.56 Å². The molecule has 6 nitrogen and oxygen atoms in total. The molecule has 0 aliphatic carbocycles. The molecule has 2 N–H and O–H groups in total. The number of carboxylic acid groups (broad SMARTS) is 1. The average molecular weight is 251 g/mol. The molecule has 0 saturated carbocycles. The van der Waals surface area contributed by atoms with Crippen molar-refractivity contribution in [3.05, 3.63) is 35.9 Å². The highest BCUT2D eigenvalue weighted by atomic mass is 16.7. The van der Waals surface area contributed by atoms with Crippen LogP contribution in [-0.2, 0) is 14.2 Å². The minimum absolute atomic E-state index is 0.165. The summed E-state index contributed by atoms with van der Waals surface area (Å²) in [7, 11) is 0. The van der Waals surface area contributed by atoms with E-state index >= 15 is 0 Å². The van der Waals surface area contributed by atoms with Gasteiger partial charge < -0.3 is 19.3 Å². The molecule has 2 fully saturated rings. The predicted octanol–water partition coefficient (Wildman–Crippen LogP) is 1.09. The molecule has 1 aromatic rings. The summed E-state index contributed by atoms with van der Waals surface area (Å²) >= 11 is 0. The minimum atomic E-state index is -1.14. The van der Waals surface area contributed by atoms with Gasteiger partial charge in [-0.15, -0.1) is 0 Å². The van der Waals surface area contributed by atoms with E-state index in [-0.39, 0.29) is 12.9 Å². The maximum atomic E-state index is 10.9. The van der Waals surface area contributed by atoms with Crippen LogP contribution >= 0.6 is 0 Å². The van der Waals surface area contributed by atoms with E-state index in [1.54, 1.807) is 0 Å². The smallest absolute Gasteiger partial charge is 0.407 e. The lowest BCUT2D eigenvalue weighted by Gasteiger charge is -2.18. The summed E-state index contributed by atoms with van der Waals surface area (Å²) in [4.78, 5) is 10.9. The molecule has 0 bridgehead atoms. The second-order valence-electron chi connectivity index (χ2n) is 4.28. The normalized spacial score (nSPS) is 34.2. The first-order valence-corrected chi connectivity index (χ1v) is 5.65. The van der Waals surface area contributed by atoms with E-state index in [2.05, 4.69) is 5.32 Å². The Kier molecular flexibility index (Phi) is 2.70. The Bertz CT molecular complexity index is 445. The van der Waals surface area contributed by atoms with E-state index in [0.29, 0.717) is 6.61 Å². The first-order chi connectivity index (χ1) is 8.72. The molecule has 0 spiro atoms. The van der Waals surface area contributed by atoms with Crippen LogP contribution in [0.3, 0.4) is 0 Å². The fourth-order valence-electron chi connectivity index (χ4n) is 2.27. The molecule has 2 saturated heterocycles. The quantitative estimate of drug-likeness (QED) is 0.786. The molecule has 3 atom stereocenters. The fourth-order valence-corrected chi connectivity index (χ4v) is 2.27. The molecular weight excluding hydrogens is 238 g/mol. The Morgan fingerprint density at radius 3 is 2.78 bits per heavy atom. The van der Waals surface area contributed by atoms with E-state index in [1.807, 2.05) is 30.3 Å². The zero-order valence-electron chi connectivity index (χ0n) is 9.54. The lowest BCUT2D eigenvalue weighted by molar-refractivity contribution is 0.00921. The van der Waals surface area contributed by atoms with Crippen molar-refractivity contribution in [2.75, 3.05) is 13.4 Å². The summed E-state index contributed by atoms with van der Waals surface area (Å²) in [6.07, 6.45) is -1.88. The molecular formula is C12H13NO5. The zero-order chi connectivity index (χ0) is 12.6. The van der Waals surface area contributed by atoms with Gasteiger partial charge in [-0.25, -0.2) is 4.79 Å². The third-order valence-corrected chi connectivity index (χ3v) is 3.15. The number of nitrogens with one attached hydrogen (secondary N) is 1. The Hall–Kier alpha value is -1.63. The van der Waals surface area contributed by atoms with Gasteiger partial charge in [0.25, 0.3) is 0 Å². The first kappa shape index (κ1) is 11.5. The highest BCUT2D eigenvalue weighted by Gasteiger charge is 2.65. The van der Waals surface area contributed by atoms with E-state index in [1.165, 1.54) is 0 Å². The van der Waals surface area contributed by atoms with Gasteiger partial charge in [-0.3, -0.25) is 5.32 Å². The number of amides is 1. The third kappa shape index (κ3) is 1.84. The topological polar surface area (TPSA) is 80.3 Å². The van der Waals surface area contributed by atoms with Gasteiger partial charge in [0.05, 0.1) is 6.61 Å². The van der Waals surface area contributed by atoms with E-state index in [9.17, 15) is 4.79 Å². The standard InChI is InChI=1S/C12H13NO5/c14-11(15)13-12(9-6-16-7-17-9)10(18-12)8-4-2-1-3-5-8/h1-5,9-10,13H,6-7H2,(H,14,15)/t9-,10?,12+/m0/s1. The maximum Gasteiger partial charge on any atom is 0.407 e. The highest BCUT2D eigenvalue weighted by Crippen LogP contribution is 2.51. The van der Waals surface area contributed by atoms with Crippen molar-refractivity contribution in [1.29, 1.82) is 0 Å². The van der Waals surface area contributed by atoms with Crippen LogP contribution in [0.1, 0.15) is 11.7 Å². The Morgan fingerprint density at radius 2 is 2.17 bits per heavy atom. The van der Waals surface area contributed by atoms with Crippen LogP contribution < -0.4 is 5.32 Å². The third-order valence-electron chi connectivity index (χ3n) is 3.15. The predicted molar refractivity (Wildman–Crippen MR) is 59.9 cm³/mol. The van der Waals surface area contributed by atoms with Crippen LogP contribution in [0.5, 0.6) is 0 Å². The Labute approximate surface area is 103 Å². The van der Waals surface area contributed by atoms with Crippen molar-refractivity contribution < 1.29 is 24.1 Å². The van der Waals surface area contributed by atoms with Gasteiger partial charge in [0.15, 0.2) is 0 Å². The first-order valence-electron chi connectivity index (χ1n) is 5.65. The molecule has 1 unspecified atom stereocenters. The summed E-state index contributed by atoms with van der Waals surface area (Å²) in [6.45, 7) is 0.488. The van der Waals surface area contributed by atoms with Gasteiger partial charge in [-0.05, 0) is 5.56 Å². The number of hydrogen-bond donors (Lipinski definition) is 2. The summed E-state index contributed by atoms with van der Waals surface area (Å²) in [5, 5.41) is 11.3. The summed E-state index contributed by atoms with van der Waals surface area (Å²) in [5.74, 6) is 0. The SMILES string of the molecule is O=C(O)N[C@]1([C@@H]2COCO2)OC1c1ccccc1. The van der Waals surface area contributed by atoms with Crippen LogP contribution in [0.2, 0.25) is 0 Å². The van der Waals surface area contributed by atoms with E-state index in [4.69, 9.17) is 19.3 Å². The van der Waals surface area contributed by atoms with Gasteiger partial charge in [0, 0.05) is 0 Å². The minimum Gasteiger partial charge on any atom is -0.465 e. The Balaban J connectivity index is 1.83. The van der Waals surface area contributed by atoms with Crippen LogP contribution in [0.15, 0.2) is 30.3 Å². The van der Waals surface area contributed by atoms with Gasteiger partial charge in [0.2, 0.25) is 5.72 Å². The van der Waals surface area contributed by atoms with Crippen LogP contribution in [0.4, 0.5) is 4.79 Å². The van der Waals surface area contributed by atoms with Crippen molar-refractivity contribution in [3.8, 4) is 0 Å². The highest BCUT2D eigenvalue weighted by molar-refractivity contribution is 5.66. The number of ether oxygens (including phenoxy) is 3. The van der Waals surface area contributed by atoms with Crippen molar-refractivity contribution in [1.82, 2.24) is 5.32 Å². The molecule has 0 aromatic heterocycles. The van der Waals surface area contributed by atoms with Crippen LogP contribution in [0.25, 0.3) is 0 Å². The summed E-state index contributed by atoms with van der Waals surface area (Å²) in [6, 6.07) is 9.45. The van der Waals surface area contributed by atoms with Gasteiger partial charge in [0.1, 0.15) is 19.0 Å². The monoisotopic (exact) mass is 251 g/mol. The summed E-state index contributed by atoms with van der Waals surface area (Å²) in [5.41, 5.74) is -0.106. The molecule has 0 radical (unpaired) electrons. The van der Waals surface area contributed by atoms with Crippen molar-refractivity contribution in [3.63, 3.8) is 0 Å². The van der Waals surface area contributed by atoms with E-state index < -0.39 is 17.9 Å². The lowest BCUT2D eigenvalue weighted by atomic mass is 10.0. The maximum absolute atomic E-state index is 10.9. The van der Waals surface area contributed by atoms with Crippen LogP contribution in [-0.4, -0.2) is 36.4 Å². The van der Waals surface area contributed by atoms with Crippen molar-refractivity contribution in [2.45, 2.75) is 17.9 Å². The van der Waals surface area contributed by atoms with Crippen molar-refractivity contribution in [2.24, 2.45) is 0 Å². The van der Waals surface area contributed by atoms with Crippen molar-refractivity contribution >= 4 is 6.09 Å². The molecule has 96 valence electrons. The van der Waals surface area contributed by atoms with Gasteiger partial charge >= 0.3 is 6.09 Å². The Morgan fingerprint density at radius 1 is 1.39 bits per heavy atom. The number of carbonyl (C=O) groups is 1.